The first-order chi connectivity index (χ1) is 30.7. The summed E-state index contributed by atoms with van der Waals surface area (Å²) in [6.45, 7) is 0. The van der Waals surface area contributed by atoms with Crippen LogP contribution >= 0.6 is 0 Å². The molecule has 62 heavy (non-hydrogen) atoms. The molecular weight excluding hydrogens is 753 g/mol. The van der Waals surface area contributed by atoms with Crippen molar-refractivity contribution in [2.75, 3.05) is 0 Å². The first-order valence-electron chi connectivity index (χ1n) is 20.8. The van der Waals surface area contributed by atoms with E-state index in [2.05, 4.69) is 140 Å². The molecule has 10 aromatic carbocycles. The quantitative estimate of drug-likeness (QED) is 0.168. The topological polar surface area (TPSA) is 62.5 Å². The van der Waals surface area contributed by atoms with Crippen LogP contribution in [0.1, 0.15) is 5.56 Å². The van der Waals surface area contributed by atoms with Crippen molar-refractivity contribution in [3.63, 3.8) is 0 Å². The standard InChI is InChI=1S/C58H34N4/c59-35-40-20-12-26-44-41(40)25-13-27-48(44)52-31-30-50-46-23-9-10-24-47(46)51-32-33-53(55(52)54(50)51)49-29-28-42(43-21-7-8-22-45(43)49)38-18-11-19-39(34-38)58-61-56(36-14-3-1-4-15-36)60-57(62-58)37-16-5-2-6-17-37/h1-34H. The molecule has 4 heteroatoms. The maximum Gasteiger partial charge on any atom is 0.164 e. The molecule has 0 saturated heterocycles. The van der Waals surface area contributed by atoms with Crippen molar-refractivity contribution in [1.29, 1.82) is 5.26 Å². The van der Waals surface area contributed by atoms with Crippen LogP contribution in [0, 0.1) is 11.3 Å². The Balaban J connectivity index is 1.05. The third-order valence-corrected chi connectivity index (χ3v) is 12.3. The minimum absolute atomic E-state index is 0.622. The van der Waals surface area contributed by atoms with Crippen LogP contribution in [0.25, 0.3) is 122 Å². The van der Waals surface area contributed by atoms with Crippen molar-refractivity contribution in [2.24, 2.45) is 0 Å². The largest absolute Gasteiger partial charge is 0.208 e. The highest BCUT2D eigenvalue weighted by molar-refractivity contribution is 6.25. The number of fused-ring (bicyclic) bond motifs is 5. The van der Waals surface area contributed by atoms with Crippen LogP contribution in [0.2, 0.25) is 0 Å². The summed E-state index contributed by atoms with van der Waals surface area (Å²) >= 11 is 0. The van der Waals surface area contributed by atoms with E-state index >= 15 is 0 Å². The number of hydrogen-bond donors (Lipinski definition) is 0. The number of rotatable bonds is 6. The first-order valence-corrected chi connectivity index (χ1v) is 20.8. The monoisotopic (exact) mass is 786 g/mol. The van der Waals surface area contributed by atoms with Crippen LogP contribution in [-0.4, -0.2) is 15.0 Å². The van der Waals surface area contributed by atoms with Crippen molar-refractivity contribution in [1.82, 2.24) is 15.0 Å². The van der Waals surface area contributed by atoms with Gasteiger partial charge in [-0.1, -0.05) is 194 Å². The molecule has 1 aliphatic carbocycles. The molecule has 0 N–H and O–H groups in total. The Morgan fingerprint density at radius 1 is 0.274 bits per heavy atom. The zero-order valence-corrected chi connectivity index (χ0v) is 33.4. The fraction of sp³-hybridized carbons (Fsp3) is 0. The molecule has 11 aromatic rings. The lowest BCUT2D eigenvalue weighted by molar-refractivity contribution is 1.07. The predicted octanol–water partition coefficient (Wildman–Crippen LogP) is 14.9. The Morgan fingerprint density at radius 3 is 1.26 bits per heavy atom. The first kappa shape index (κ1) is 35.4. The molecule has 0 spiro atoms. The third kappa shape index (κ3) is 5.64. The van der Waals surface area contributed by atoms with E-state index in [4.69, 9.17) is 15.0 Å². The highest BCUT2D eigenvalue weighted by Crippen LogP contribution is 2.53. The van der Waals surface area contributed by atoms with Crippen LogP contribution in [0.4, 0.5) is 0 Å². The van der Waals surface area contributed by atoms with Crippen LogP contribution in [0.15, 0.2) is 206 Å². The molecule has 0 saturated carbocycles. The van der Waals surface area contributed by atoms with Gasteiger partial charge < -0.3 is 0 Å². The van der Waals surface area contributed by atoms with Crippen molar-refractivity contribution < 1.29 is 0 Å². The fourth-order valence-electron chi connectivity index (χ4n) is 9.54. The van der Waals surface area contributed by atoms with Gasteiger partial charge in [-0.3, -0.25) is 0 Å². The van der Waals surface area contributed by atoms with Crippen molar-refractivity contribution in [2.45, 2.75) is 0 Å². The maximum absolute atomic E-state index is 10.1. The molecule has 0 aliphatic heterocycles. The summed E-state index contributed by atoms with van der Waals surface area (Å²) in [5.74, 6) is 1.89. The van der Waals surface area contributed by atoms with Gasteiger partial charge in [0.25, 0.3) is 0 Å². The SMILES string of the molecule is N#Cc1cccc2c(-c3ccc4c5c(ccc(-c6ccc(-c7cccc(-c8nc(-c9ccccc9)nc(-c9ccccc9)n8)c7)c7ccccc67)c35)-c3ccccc3-4)cccc12. The summed E-state index contributed by atoms with van der Waals surface area (Å²) in [4.78, 5) is 15.0. The van der Waals surface area contributed by atoms with Gasteiger partial charge in [0.1, 0.15) is 0 Å². The molecule has 0 atom stereocenters. The van der Waals surface area contributed by atoms with Crippen molar-refractivity contribution in [3.8, 4) is 95.9 Å². The summed E-state index contributed by atoms with van der Waals surface area (Å²) in [7, 11) is 0. The second kappa shape index (κ2) is 14.3. The lowest BCUT2D eigenvalue weighted by Crippen LogP contribution is -2.00. The third-order valence-electron chi connectivity index (χ3n) is 12.3. The van der Waals surface area contributed by atoms with Gasteiger partial charge >= 0.3 is 0 Å². The van der Waals surface area contributed by atoms with E-state index in [0.29, 0.717) is 23.0 Å². The fourth-order valence-corrected chi connectivity index (χ4v) is 9.54. The normalized spacial score (nSPS) is 11.5. The van der Waals surface area contributed by atoms with Crippen LogP contribution in [0.3, 0.4) is 0 Å². The second-order valence-electron chi connectivity index (χ2n) is 15.8. The van der Waals surface area contributed by atoms with Crippen LogP contribution in [0.5, 0.6) is 0 Å². The number of benzene rings is 10. The Labute approximate surface area is 358 Å². The maximum atomic E-state index is 10.1. The average molecular weight is 787 g/mol. The number of hydrogen-bond acceptors (Lipinski definition) is 4. The highest BCUT2D eigenvalue weighted by Gasteiger charge is 2.26. The molecule has 0 amide bonds. The van der Waals surface area contributed by atoms with Crippen molar-refractivity contribution in [3.05, 3.63) is 212 Å². The van der Waals surface area contributed by atoms with E-state index in [-0.39, 0.29) is 0 Å². The summed E-state index contributed by atoms with van der Waals surface area (Å²) in [6, 6.07) is 74.8. The summed E-state index contributed by atoms with van der Waals surface area (Å²) in [6.07, 6.45) is 0. The van der Waals surface area contributed by atoms with Gasteiger partial charge in [0.15, 0.2) is 17.5 Å². The minimum Gasteiger partial charge on any atom is -0.208 e. The van der Waals surface area contributed by atoms with E-state index < -0.39 is 0 Å². The van der Waals surface area contributed by atoms with Gasteiger partial charge in [0.05, 0.1) is 11.6 Å². The smallest absolute Gasteiger partial charge is 0.164 e. The van der Waals surface area contributed by atoms with Gasteiger partial charge in [-0.25, -0.2) is 15.0 Å². The second-order valence-corrected chi connectivity index (χ2v) is 15.8. The Bertz CT molecular complexity index is 3550. The minimum atomic E-state index is 0.622. The highest BCUT2D eigenvalue weighted by atomic mass is 15.0. The van der Waals surface area contributed by atoms with E-state index in [1.165, 1.54) is 44.0 Å². The van der Waals surface area contributed by atoms with E-state index in [1.54, 1.807) is 0 Å². The zero-order valence-electron chi connectivity index (χ0n) is 33.4. The van der Waals surface area contributed by atoms with Crippen LogP contribution in [-0.2, 0) is 0 Å². The Kier molecular flexibility index (Phi) is 8.19. The molecule has 1 heterocycles. The molecule has 286 valence electrons. The molecule has 0 fully saturated rings. The number of nitriles is 1. The Morgan fingerprint density at radius 2 is 0.645 bits per heavy atom. The van der Waals surface area contributed by atoms with Gasteiger partial charge in [-0.05, 0) is 94.7 Å². The van der Waals surface area contributed by atoms with Gasteiger partial charge in [0.2, 0.25) is 0 Å². The molecule has 1 aliphatic rings. The zero-order chi connectivity index (χ0) is 41.1. The van der Waals surface area contributed by atoms with E-state index in [0.717, 1.165) is 60.7 Å². The molecule has 4 nitrogen and oxygen atoms in total. The lowest BCUT2D eigenvalue weighted by atomic mass is 9.84. The molecule has 12 rings (SSSR count). The summed E-state index contributed by atoms with van der Waals surface area (Å²) < 4.78 is 0. The van der Waals surface area contributed by atoms with Gasteiger partial charge in [-0.15, -0.1) is 0 Å². The molecule has 0 radical (unpaired) electrons. The summed E-state index contributed by atoms with van der Waals surface area (Å²) in [5.41, 5.74) is 15.3. The van der Waals surface area contributed by atoms with Crippen LogP contribution < -0.4 is 0 Å². The van der Waals surface area contributed by atoms with E-state index in [9.17, 15) is 5.26 Å². The molecule has 0 bridgehead atoms. The molecule has 1 aromatic heterocycles. The average Bonchev–Trinajstić information content (AvgIpc) is 3.68. The summed E-state index contributed by atoms with van der Waals surface area (Å²) in [5, 5.41) is 16.9. The van der Waals surface area contributed by atoms with E-state index in [1.807, 2.05) is 72.8 Å². The van der Waals surface area contributed by atoms with Crippen molar-refractivity contribution >= 4 is 32.3 Å². The van der Waals surface area contributed by atoms with Gasteiger partial charge in [-0.2, -0.15) is 5.26 Å². The number of nitrogens with zero attached hydrogens (tertiary/aromatic N) is 4. The van der Waals surface area contributed by atoms with Gasteiger partial charge in [0, 0.05) is 22.1 Å². The predicted molar refractivity (Wildman–Crippen MR) is 254 cm³/mol. The molecule has 0 unspecified atom stereocenters. The molecular formula is C58H34N4. The lowest BCUT2D eigenvalue weighted by Gasteiger charge is -2.18. The Hall–Kier alpha value is -8.52. The number of aromatic nitrogens is 3.